The van der Waals surface area contributed by atoms with Crippen molar-refractivity contribution in [2.24, 2.45) is 0 Å². The zero-order valence-electron chi connectivity index (χ0n) is 20.2. The van der Waals surface area contributed by atoms with Crippen molar-refractivity contribution < 1.29 is 28.2 Å². The van der Waals surface area contributed by atoms with Crippen LogP contribution in [0.4, 0.5) is 5.69 Å². The number of carbonyl (C=O) groups excluding carboxylic acids is 1. The highest BCUT2D eigenvalue weighted by Gasteiger charge is 2.28. The van der Waals surface area contributed by atoms with Crippen molar-refractivity contribution in [1.29, 1.82) is 0 Å². The summed E-state index contributed by atoms with van der Waals surface area (Å²) in [7, 11) is 0. The van der Waals surface area contributed by atoms with E-state index >= 15 is 0 Å². The molecule has 3 aliphatic rings. The average Bonchev–Trinajstić information content (AvgIpc) is 2.88. The van der Waals surface area contributed by atoms with Crippen LogP contribution in [0.5, 0.6) is 0 Å². The van der Waals surface area contributed by atoms with Crippen molar-refractivity contribution in [1.82, 2.24) is 4.90 Å². The van der Waals surface area contributed by atoms with Gasteiger partial charge in [-0.1, -0.05) is 0 Å². The summed E-state index contributed by atoms with van der Waals surface area (Å²) in [5.74, 6) is -0.363. The molecule has 0 saturated carbocycles. The van der Waals surface area contributed by atoms with Crippen molar-refractivity contribution in [3.05, 3.63) is 39.2 Å². The largest absolute Gasteiger partial charge is 0.422 e. The lowest BCUT2D eigenvalue weighted by molar-refractivity contribution is 0.00206. The first-order chi connectivity index (χ1) is 17.2. The van der Waals surface area contributed by atoms with Gasteiger partial charge < -0.3 is 33.2 Å². The first kappa shape index (κ1) is 24.2. The van der Waals surface area contributed by atoms with E-state index in [1.165, 1.54) is 11.3 Å². The van der Waals surface area contributed by atoms with Gasteiger partial charge in [0.1, 0.15) is 11.1 Å². The number of amides is 1. The van der Waals surface area contributed by atoms with Gasteiger partial charge in [0, 0.05) is 42.8 Å². The second-order valence-corrected chi connectivity index (χ2v) is 9.16. The minimum absolute atomic E-state index is 0.0534. The number of carbonyl (C=O) groups is 1. The molecular formula is C26H34N2O7. The van der Waals surface area contributed by atoms with Gasteiger partial charge in [0.15, 0.2) is 0 Å². The minimum Gasteiger partial charge on any atom is -0.422 e. The Balaban J connectivity index is 1.39. The first-order valence-corrected chi connectivity index (χ1v) is 12.7. The monoisotopic (exact) mass is 486 g/mol. The normalized spacial score (nSPS) is 20.7. The number of hydrogen-bond donors (Lipinski definition) is 0. The van der Waals surface area contributed by atoms with E-state index in [2.05, 4.69) is 11.0 Å². The van der Waals surface area contributed by atoms with E-state index in [0.717, 1.165) is 49.7 Å². The van der Waals surface area contributed by atoms with Gasteiger partial charge in [-0.25, -0.2) is 4.79 Å². The lowest BCUT2D eigenvalue weighted by atomic mass is 9.90. The molecule has 0 atom stereocenters. The molecule has 5 rings (SSSR count). The molecular weight excluding hydrogens is 452 g/mol. The lowest BCUT2D eigenvalue weighted by Crippen LogP contribution is -2.39. The van der Waals surface area contributed by atoms with Gasteiger partial charge in [-0.2, -0.15) is 0 Å². The molecule has 0 N–H and O–H groups in total. The zero-order valence-corrected chi connectivity index (χ0v) is 20.2. The smallest absolute Gasteiger partial charge is 0.349 e. The Morgan fingerprint density at radius 3 is 2.00 bits per heavy atom. The fourth-order valence-corrected chi connectivity index (χ4v) is 5.19. The van der Waals surface area contributed by atoms with Crippen LogP contribution in [-0.4, -0.2) is 89.8 Å². The minimum atomic E-state index is -0.592. The van der Waals surface area contributed by atoms with Crippen LogP contribution in [0.2, 0.25) is 0 Å². The summed E-state index contributed by atoms with van der Waals surface area (Å²) in [6.07, 6.45) is 4.05. The molecule has 9 nitrogen and oxygen atoms in total. The molecule has 0 bridgehead atoms. The molecule has 3 aliphatic heterocycles. The van der Waals surface area contributed by atoms with Crippen LogP contribution in [0, 0.1) is 0 Å². The molecule has 0 aliphatic carbocycles. The summed E-state index contributed by atoms with van der Waals surface area (Å²) < 4.78 is 28.0. The van der Waals surface area contributed by atoms with Crippen LogP contribution < -0.4 is 10.5 Å². The molecule has 1 aromatic heterocycles. The maximum atomic E-state index is 13.5. The third kappa shape index (κ3) is 5.53. The number of rotatable bonds is 1. The Morgan fingerprint density at radius 2 is 1.34 bits per heavy atom. The van der Waals surface area contributed by atoms with Crippen LogP contribution in [0.3, 0.4) is 0 Å². The number of hydrogen-bond acceptors (Lipinski definition) is 8. The quantitative estimate of drug-likeness (QED) is 0.566. The van der Waals surface area contributed by atoms with E-state index in [-0.39, 0.29) is 11.5 Å². The van der Waals surface area contributed by atoms with Crippen LogP contribution in [0.25, 0.3) is 11.0 Å². The Kier molecular flexibility index (Phi) is 7.98. The molecule has 1 amide bonds. The van der Waals surface area contributed by atoms with Gasteiger partial charge in [-0.15, -0.1) is 0 Å². The fraction of sp³-hybridized carbons (Fsp3) is 0.615. The van der Waals surface area contributed by atoms with Crippen molar-refractivity contribution in [2.75, 3.05) is 83.9 Å². The van der Waals surface area contributed by atoms with E-state index in [9.17, 15) is 9.59 Å². The van der Waals surface area contributed by atoms with Gasteiger partial charge in [-0.05, 0) is 43.4 Å². The number of benzene rings is 1. The van der Waals surface area contributed by atoms with Crippen LogP contribution in [0.1, 0.15) is 34.3 Å². The molecule has 35 heavy (non-hydrogen) atoms. The molecule has 2 aromatic rings. The SMILES string of the molecule is O=C(c1cc2cc3c4c(c2oc1=O)CCCN4CCC3)N1CCOCCOCCOCCOCC1. The van der Waals surface area contributed by atoms with Crippen molar-refractivity contribution in [3.8, 4) is 0 Å². The van der Waals surface area contributed by atoms with Crippen LogP contribution in [-0.2, 0) is 31.8 Å². The van der Waals surface area contributed by atoms with Gasteiger partial charge in [0.05, 0.1) is 52.9 Å². The lowest BCUT2D eigenvalue weighted by Gasteiger charge is -2.37. The van der Waals surface area contributed by atoms with Crippen molar-refractivity contribution >= 4 is 22.6 Å². The second kappa shape index (κ2) is 11.5. The van der Waals surface area contributed by atoms with E-state index in [4.69, 9.17) is 23.4 Å². The standard InChI is InChI=1S/C26H34N2O7/c29-25(28-7-9-31-11-13-33-15-16-34-14-12-32-10-8-28)22-18-20-17-19-3-1-5-27-6-2-4-21(23(19)27)24(20)35-26(22)30/h17-18H,1-16H2. The predicted molar refractivity (Wildman–Crippen MR) is 131 cm³/mol. The highest BCUT2D eigenvalue weighted by atomic mass is 16.6. The van der Waals surface area contributed by atoms with Gasteiger partial charge in [-0.3, -0.25) is 4.79 Å². The van der Waals surface area contributed by atoms with Gasteiger partial charge >= 0.3 is 5.63 Å². The molecule has 0 unspecified atom stereocenters. The van der Waals surface area contributed by atoms with Gasteiger partial charge in [0.2, 0.25) is 0 Å². The highest BCUT2D eigenvalue weighted by Crippen LogP contribution is 2.39. The molecule has 1 saturated heterocycles. The summed E-state index contributed by atoms with van der Waals surface area (Å²) in [6, 6.07) is 3.82. The fourth-order valence-electron chi connectivity index (χ4n) is 5.19. The van der Waals surface area contributed by atoms with E-state index < -0.39 is 5.63 Å². The maximum absolute atomic E-state index is 13.5. The first-order valence-electron chi connectivity index (χ1n) is 12.7. The number of aryl methyl sites for hydroxylation is 2. The predicted octanol–water partition coefficient (Wildman–Crippen LogP) is 2.01. The summed E-state index contributed by atoms with van der Waals surface area (Å²) in [5, 5.41) is 0.825. The third-order valence-corrected chi connectivity index (χ3v) is 6.86. The Morgan fingerprint density at radius 1 is 0.743 bits per heavy atom. The topological polar surface area (TPSA) is 90.7 Å². The molecule has 9 heteroatoms. The summed E-state index contributed by atoms with van der Waals surface area (Å²) in [4.78, 5) is 30.5. The van der Waals surface area contributed by atoms with E-state index in [1.54, 1.807) is 11.0 Å². The molecule has 0 radical (unpaired) electrons. The molecule has 4 heterocycles. The molecule has 1 aromatic carbocycles. The summed E-state index contributed by atoms with van der Waals surface area (Å²) in [6.45, 7) is 6.29. The van der Waals surface area contributed by atoms with E-state index in [1.807, 2.05) is 0 Å². The third-order valence-electron chi connectivity index (χ3n) is 6.86. The van der Waals surface area contributed by atoms with Crippen molar-refractivity contribution in [3.63, 3.8) is 0 Å². The van der Waals surface area contributed by atoms with E-state index in [0.29, 0.717) is 71.5 Å². The number of nitrogens with zero attached hydrogens (tertiary/aromatic N) is 2. The molecule has 1 fully saturated rings. The summed E-state index contributed by atoms with van der Waals surface area (Å²) in [5.41, 5.74) is 3.72. The summed E-state index contributed by atoms with van der Waals surface area (Å²) >= 11 is 0. The number of anilines is 1. The Hall–Kier alpha value is -2.46. The number of fused-ring (bicyclic) bond motifs is 2. The highest BCUT2D eigenvalue weighted by molar-refractivity contribution is 5.98. The second-order valence-electron chi connectivity index (χ2n) is 9.16. The zero-order chi connectivity index (χ0) is 24.0. The van der Waals surface area contributed by atoms with Crippen LogP contribution >= 0.6 is 0 Å². The van der Waals surface area contributed by atoms with Crippen molar-refractivity contribution in [2.45, 2.75) is 25.7 Å². The molecule has 0 spiro atoms. The average molecular weight is 487 g/mol. The number of ether oxygens (including phenoxy) is 4. The molecule has 190 valence electrons. The van der Waals surface area contributed by atoms with Crippen LogP contribution in [0.15, 0.2) is 21.3 Å². The van der Waals surface area contributed by atoms with Gasteiger partial charge in [0.25, 0.3) is 5.91 Å². The Labute approximate surface area is 204 Å². The maximum Gasteiger partial charge on any atom is 0.349 e. The Bertz CT molecular complexity index is 1080.